The summed E-state index contributed by atoms with van der Waals surface area (Å²) in [6.07, 6.45) is 14.0. The van der Waals surface area contributed by atoms with Crippen LogP contribution in [0, 0.1) is 29.6 Å². The predicted molar refractivity (Wildman–Crippen MR) is 127 cm³/mol. The zero-order chi connectivity index (χ0) is 21.9. The van der Waals surface area contributed by atoms with Crippen LogP contribution in [0.1, 0.15) is 120 Å². The van der Waals surface area contributed by atoms with Gasteiger partial charge in [0.05, 0.1) is 18.3 Å². The average molecular weight is 411 g/mol. The zero-order valence-corrected chi connectivity index (χ0v) is 21.3. The Kier molecular flexibility index (Phi) is 13.1. The van der Waals surface area contributed by atoms with Crippen molar-refractivity contribution in [1.82, 2.24) is 0 Å². The number of hydrogen-bond donors (Lipinski definition) is 0. The third-order valence-corrected chi connectivity index (χ3v) is 7.10. The van der Waals surface area contributed by atoms with E-state index in [0.717, 1.165) is 49.2 Å². The van der Waals surface area contributed by atoms with Gasteiger partial charge in [0.2, 0.25) is 0 Å². The zero-order valence-electron chi connectivity index (χ0n) is 21.3. The highest BCUT2D eigenvalue weighted by atomic mass is 16.5. The van der Waals surface area contributed by atoms with E-state index in [1.54, 1.807) is 0 Å². The Bertz CT molecular complexity index is 401. The third kappa shape index (κ3) is 13.0. The summed E-state index contributed by atoms with van der Waals surface area (Å²) in [7, 11) is 0. The molecule has 0 aromatic rings. The number of rotatable bonds is 15. The Hall–Kier alpha value is -0.0800. The minimum atomic E-state index is -0.0764. The Morgan fingerprint density at radius 1 is 0.931 bits per heavy atom. The first-order chi connectivity index (χ1) is 13.6. The Labute approximate surface area is 183 Å². The van der Waals surface area contributed by atoms with Crippen LogP contribution in [0.4, 0.5) is 0 Å². The van der Waals surface area contributed by atoms with E-state index in [1.165, 1.54) is 57.8 Å². The molecule has 4 atom stereocenters. The molecule has 0 saturated heterocycles. The molecular weight excluding hydrogens is 356 g/mol. The molecule has 0 aromatic heterocycles. The summed E-state index contributed by atoms with van der Waals surface area (Å²) in [6.45, 7) is 20.0. The fraction of sp³-hybridized carbons (Fsp3) is 1.00. The lowest BCUT2D eigenvalue weighted by molar-refractivity contribution is -0.0732. The van der Waals surface area contributed by atoms with E-state index in [1.807, 2.05) is 0 Å². The third-order valence-electron chi connectivity index (χ3n) is 7.10. The van der Waals surface area contributed by atoms with Crippen molar-refractivity contribution < 1.29 is 9.47 Å². The Morgan fingerprint density at radius 2 is 1.62 bits per heavy atom. The molecule has 1 saturated carbocycles. The molecule has 1 rings (SSSR count). The molecule has 0 aliphatic heterocycles. The minimum Gasteiger partial charge on any atom is -0.379 e. The average Bonchev–Trinajstić information content (AvgIpc) is 2.61. The van der Waals surface area contributed by atoms with Crippen LogP contribution in [-0.2, 0) is 9.47 Å². The van der Waals surface area contributed by atoms with Gasteiger partial charge >= 0.3 is 0 Å². The molecule has 1 aliphatic carbocycles. The fourth-order valence-electron chi connectivity index (χ4n) is 4.73. The molecule has 0 spiro atoms. The quantitative estimate of drug-likeness (QED) is 0.270. The van der Waals surface area contributed by atoms with Gasteiger partial charge in [0.15, 0.2) is 0 Å². The summed E-state index contributed by atoms with van der Waals surface area (Å²) < 4.78 is 12.1. The smallest absolute Gasteiger partial charge is 0.0648 e. The van der Waals surface area contributed by atoms with Crippen molar-refractivity contribution in [3.8, 4) is 0 Å². The van der Waals surface area contributed by atoms with Gasteiger partial charge in [0.1, 0.15) is 0 Å². The molecule has 4 unspecified atom stereocenters. The van der Waals surface area contributed by atoms with Gasteiger partial charge in [-0.25, -0.2) is 0 Å². The normalized spacial score (nSPS) is 24.4. The van der Waals surface area contributed by atoms with Crippen LogP contribution < -0.4 is 0 Å². The lowest BCUT2D eigenvalue weighted by Crippen LogP contribution is -2.33. The van der Waals surface area contributed by atoms with Crippen LogP contribution in [-0.4, -0.2) is 24.9 Å². The summed E-state index contributed by atoms with van der Waals surface area (Å²) in [5.74, 6) is 4.24. The molecule has 1 aliphatic rings. The highest BCUT2D eigenvalue weighted by Crippen LogP contribution is 2.37. The summed E-state index contributed by atoms with van der Waals surface area (Å²) in [5, 5.41) is 0. The predicted octanol–water partition coefficient (Wildman–Crippen LogP) is 8.28. The molecule has 0 amide bonds. The van der Waals surface area contributed by atoms with Crippen molar-refractivity contribution in [2.45, 2.75) is 131 Å². The lowest BCUT2D eigenvalue weighted by atomic mass is 9.73. The Morgan fingerprint density at radius 3 is 2.28 bits per heavy atom. The second-order valence-electron chi connectivity index (χ2n) is 11.5. The minimum absolute atomic E-state index is 0.0764. The van der Waals surface area contributed by atoms with Gasteiger partial charge < -0.3 is 9.47 Å². The monoisotopic (exact) mass is 410 g/mol. The van der Waals surface area contributed by atoms with E-state index in [9.17, 15) is 0 Å². The molecule has 1 fully saturated rings. The molecule has 0 aromatic carbocycles. The van der Waals surface area contributed by atoms with Gasteiger partial charge in [0, 0.05) is 6.61 Å². The van der Waals surface area contributed by atoms with E-state index in [-0.39, 0.29) is 5.60 Å². The maximum atomic E-state index is 6.40. The van der Waals surface area contributed by atoms with Gasteiger partial charge in [-0.3, -0.25) is 0 Å². The van der Waals surface area contributed by atoms with Crippen LogP contribution in [0.2, 0.25) is 0 Å². The molecule has 0 radical (unpaired) electrons. The molecular formula is C27H54O2. The molecule has 2 heteroatoms. The van der Waals surface area contributed by atoms with Crippen LogP contribution in [0.15, 0.2) is 0 Å². The largest absolute Gasteiger partial charge is 0.379 e. The van der Waals surface area contributed by atoms with Crippen LogP contribution in [0.5, 0.6) is 0 Å². The van der Waals surface area contributed by atoms with E-state index in [4.69, 9.17) is 9.47 Å². The standard InChI is InChI=1S/C27H54O2/c1-21(2)11-9-12-23(5)13-10-14-25-16-15-24(6)26(19-25)20-29-27(7,8)17-18-28-22(3)4/h21-26H,9-20H2,1-8H3. The second-order valence-corrected chi connectivity index (χ2v) is 11.5. The molecule has 2 nitrogen and oxygen atoms in total. The van der Waals surface area contributed by atoms with Gasteiger partial charge in [-0.05, 0) is 70.1 Å². The van der Waals surface area contributed by atoms with E-state index >= 15 is 0 Å². The van der Waals surface area contributed by atoms with E-state index in [2.05, 4.69) is 55.4 Å². The maximum Gasteiger partial charge on any atom is 0.0648 e. The number of ether oxygens (including phenoxy) is 2. The van der Waals surface area contributed by atoms with Crippen LogP contribution in [0.3, 0.4) is 0 Å². The first-order valence-corrected chi connectivity index (χ1v) is 12.8. The van der Waals surface area contributed by atoms with Crippen molar-refractivity contribution in [1.29, 1.82) is 0 Å². The number of hydrogen-bond acceptors (Lipinski definition) is 2. The fourth-order valence-corrected chi connectivity index (χ4v) is 4.73. The Balaban J connectivity index is 2.27. The van der Waals surface area contributed by atoms with Crippen molar-refractivity contribution in [3.63, 3.8) is 0 Å². The van der Waals surface area contributed by atoms with Crippen molar-refractivity contribution >= 4 is 0 Å². The maximum absolute atomic E-state index is 6.40. The molecule has 0 heterocycles. The molecule has 0 N–H and O–H groups in total. The molecule has 174 valence electrons. The highest BCUT2D eigenvalue weighted by molar-refractivity contribution is 4.79. The summed E-state index contributed by atoms with van der Waals surface area (Å²) in [6, 6.07) is 0. The van der Waals surface area contributed by atoms with Gasteiger partial charge in [0.25, 0.3) is 0 Å². The summed E-state index contributed by atoms with van der Waals surface area (Å²) in [4.78, 5) is 0. The SMILES string of the molecule is CC(C)CCCC(C)CCCC1CCC(C)C(COC(C)(C)CCOC(C)C)C1. The van der Waals surface area contributed by atoms with Gasteiger partial charge in [-0.2, -0.15) is 0 Å². The highest BCUT2D eigenvalue weighted by Gasteiger charge is 2.30. The molecule has 29 heavy (non-hydrogen) atoms. The van der Waals surface area contributed by atoms with Crippen molar-refractivity contribution in [3.05, 3.63) is 0 Å². The topological polar surface area (TPSA) is 18.5 Å². The van der Waals surface area contributed by atoms with Gasteiger partial charge in [-0.1, -0.05) is 79.1 Å². The first kappa shape index (κ1) is 27.0. The van der Waals surface area contributed by atoms with Crippen molar-refractivity contribution in [2.24, 2.45) is 29.6 Å². The lowest BCUT2D eigenvalue weighted by Gasteiger charge is -2.37. The molecule has 0 bridgehead atoms. The van der Waals surface area contributed by atoms with Crippen LogP contribution >= 0.6 is 0 Å². The summed E-state index contributed by atoms with van der Waals surface area (Å²) >= 11 is 0. The van der Waals surface area contributed by atoms with Crippen molar-refractivity contribution in [2.75, 3.05) is 13.2 Å². The van der Waals surface area contributed by atoms with Gasteiger partial charge in [-0.15, -0.1) is 0 Å². The first-order valence-electron chi connectivity index (χ1n) is 12.8. The second kappa shape index (κ2) is 14.1. The van der Waals surface area contributed by atoms with E-state index < -0.39 is 0 Å². The summed E-state index contributed by atoms with van der Waals surface area (Å²) in [5.41, 5.74) is -0.0764. The van der Waals surface area contributed by atoms with E-state index in [0.29, 0.717) is 6.10 Å². The van der Waals surface area contributed by atoms with Crippen LogP contribution in [0.25, 0.3) is 0 Å².